The number of carbonyl (C=O) groups excluding carboxylic acids is 1. The number of carbonyl (C=O) groups is 1. The Labute approximate surface area is 111 Å². The summed E-state index contributed by atoms with van der Waals surface area (Å²) in [5.74, 6) is 0.231. The Bertz CT molecular complexity index is 419. The maximum atomic E-state index is 12.2. The smallest absolute Gasteiger partial charge is 0.272 e. The predicted molar refractivity (Wildman–Crippen MR) is 68.9 cm³/mol. The van der Waals surface area contributed by atoms with Gasteiger partial charge < -0.3 is 10.1 Å². The van der Waals surface area contributed by atoms with Crippen LogP contribution in [0.25, 0.3) is 0 Å². The Morgan fingerprint density at radius 3 is 2.78 bits per heavy atom. The van der Waals surface area contributed by atoms with Crippen LogP contribution in [-0.2, 0) is 11.8 Å². The van der Waals surface area contributed by atoms with Crippen LogP contribution in [0, 0.1) is 6.92 Å². The van der Waals surface area contributed by atoms with Gasteiger partial charge in [0, 0.05) is 31.8 Å². The number of ether oxygens (including phenoxy) is 1. The quantitative estimate of drug-likeness (QED) is 0.842. The molecule has 0 radical (unpaired) electrons. The van der Waals surface area contributed by atoms with Crippen molar-refractivity contribution < 1.29 is 9.53 Å². The molecule has 1 aliphatic heterocycles. The highest BCUT2D eigenvalue weighted by Crippen LogP contribution is 2.22. The lowest BCUT2D eigenvalue weighted by Crippen LogP contribution is -2.53. The number of amides is 1. The summed E-state index contributed by atoms with van der Waals surface area (Å²) in [5.41, 5.74) is 1.03. The average Bonchev–Trinajstić information content (AvgIpc) is 2.71. The molecule has 6 heteroatoms. The van der Waals surface area contributed by atoms with Crippen molar-refractivity contribution in [1.29, 1.82) is 0 Å². The Morgan fingerprint density at radius 2 is 2.28 bits per heavy atom. The summed E-state index contributed by atoms with van der Waals surface area (Å²) in [7, 11) is 1.82. The maximum absolute atomic E-state index is 12.2. The first kappa shape index (κ1) is 13.4. The Balaban J connectivity index is 2.09. The fraction of sp³-hybridized carbons (Fsp3) is 0.667. The molecule has 18 heavy (non-hydrogen) atoms. The van der Waals surface area contributed by atoms with Crippen LogP contribution in [0.2, 0.25) is 0 Å². The van der Waals surface area contributed by atoms with Gasteiger partial charge in [0.2, 0.25) is 0 Å². The molecule has 2 rings (SSSR count). The highest BCUT2D eigenvalue weighted by atomic mass is 35.5. The van der Waals surface area contributed by atoms with Crippen molar-refractivity contribution in [1.82, 2.24) is 15.1 Å². The summed E-state index contributed by atoms with van der Waals surface area (Å²) >= 11 is 6.01. The number of nitrogens with zero attached hydrogens (tertiary/aromatic N) is 2. The van der Waals surface area contributed by atoms with E-state index in [2.05, 4.69) is 10.4 Å². The molecule has 1 saturated heterocycles. The largest absolute Gasteiger partial charge is 0.381 e. The van der Waals surface area contributed by atoms with Crippen LogP contribution in [0.1, 0.15) is 29.0 Å². The molecule has 5 nitrogen and oxygen atoms in total. The third-order valence-corrected chi connectivity index (χ3v) is 3.94. The number of nitrogens with one attached hydrogen (secondary N) is 1. The van der Waals surface area contributed by atoms with E-state index in [1.54, 1.807) is 10.7 Å². The minimum Gasteiger partial charge on any atom is -0.381 e. The van der Waals surface area contributed by atoms with Crippen LogP contribution in [0.5, 0.6) is 0 Å². The SMILES string of the molecule is Cc1cc(C(=O)NC2(CCl)CCOCC2)nn1C. The molecule has 1 aliphatic rings. The van der Waals surface area contributed by atoms with E-state index in [1.165, 1.54) is 0 Å². The molecular weight excluding hydrogens is 254 g/mol. The fourth-order valence-corrected chi connectivity index (χ4v) is 2.36. The predicted octanol–water partition coefficient (Wildman–Crippen LogP) is 1.25. The van der Waals surface area contributed by atoms with Crippen molar-refractivity contribution in [3.8, 4) is 0 Å². The van der Waals surface area contributed by atoms with Gasteiger partial charge in [-0.3, -0.25) is 9.48 Å². The molecule has 0 atom stereocenters. The zero-order valence-corrected chi connectivity index (χ0v) is 11.5. The molecule has 100 valence electrons. The zero-order valence-electron chi connectivity index (χ0n) is 10.7. The molecule has 1 fully saturated rings. The van der Waals surface area contributed by atoms with Gasteiger partial charge in [0.1, 0.15) is 5.69 Å². The van der Waals surface area contributed by atoms with Crippen LogP contribution in [0.4, 0.5) is 0 Å². The van der Waals surface area contributed by atoms with Gasteiger partial charge in [0.15, 0.2) is 0 Å². The Hall–Kier alpha value is -1.07. The first-order valence-electron chi connectivity index (χ1n) is 6.03. The van der Waals surface area contributed by atoms with E-state index in [-0.39, 0.29) is 11.4 Å². The van der Waals surface area contributed by atoms with Gasteiger partial charge >= 0.3 is 0 Å². The van der Waals surface area contributed by atoms with E-state index >= 15 is 0 Å². The molecule has 1 aromatic heterocycles. The van der Waals surface area contributed by atoms with Crippen molar-refractivity contribution in [2.24, 2.45) is 7.05 Å². The second-order valence-corrected chi connectivity index (χ2v) is 5.04. The van der Waals surface area contributed by atoms with Gasteiger partial charge in [0.05, 0.1) is 5.54 Å². The lowest BCUT2D eigenvalue weighted by molar-refractivity contribution is 0.0432. The Morgan fingerprint density at radius 1 is 1.61 bits per heavy atom. The molecule has 0 bridgehead atoms. The average molecular weight is 272 g/mol. The first-order valence-corrected chi connectivity index (χ1v) is 6.57. The lowest BCUT2D eigenvalue weighted by atomic mass is 9.92. The van der Waals surface area contributed by atoms with Gasteiger partial charge in [-0.15, -0.1) is 11.6 Å². The monoisotopic (exact) mass is 271 g/mol. The zero-order chi connectivity index (χ0) is 13.2. The molecule has 0 saturated carbocycles. The molecule has 1 N–H and O–H groups in total. The van der Waals surface area contributed by atoms with Gasteiger partial charge in [0.25, 0.3) is 5.91 Å². The molecule has 1 aromatic rings. The van der Waals surface area contributed by atoms with Crippen LogP contribution < -0.4 is 5.32 Å². The number of halogens is 1. The third-order valence-electron chi connectivity index (χ3n) is 3.43. The lowest BCUT2D eigenvalue weighted by Gasteiger charge is -2.36. The van der Waals surface area contributed by atoms with Gasteiger partial charge in [-0.25, -0.2) is 0 Å². The molecule has 2 heterocycles. The van der Waals surface area contributed by atoms with Crippen molar-refractivity contribution >= 4 is 17.5 Å². The highest BCUT2D eigenvalue weighted by Gasteiger charge is 2.34. The normalized spacial score (nSPS) is 18.6. The van der Waals surface area contributed by atoms with Crippen LogP contribution in [-0.4, -0.2) is 40.3 Å². The van der Waals surface area contributed by atoms with Crippen LogP contribution in [0.15, 0.2) is 6.07 Å². The second kappa shape index (κ2) is 5.28. The summed E-state index contributed by atoms with van der Waals surface area (Å²) in [5, 5.41) is 7.18. The minimum atomic E-state index is -0.359. The standard InChI is InChI=1S/C12H18ClN3O2/c1-9-7-10(15-16(9)2)11(17)14-12(8-13)3-5-18-6-4-12/h7H,3-6,8H2,1-2H3,(H,14,17). The molecular formula is C12H18ClN3O2. The summed E-state index contributed by atoms with van der Waals surface area (Å²) in [6, 6.07) is 1.77. The number of hydrogen-bond donors (Lipinski definition) is 1. The number of aryl methyl sites for hydroxylation is 2. The molecule has 0 aliphatic carbocycles. The minimum absolute atomic E-state index is 0.166. The highest BCUT2D eigenvalue weighted by molar-refractivity contribution is 6.19. The van der Waals surface area contributed by atoms with Crippen molar-refractivity contribution in [3.05, 3.63) is 17.5 Å². The Kier molecular flexibility index (Phi) is 3.92. The summed E-state index contributed by atoms with van der Waals surface area (Å²) < 4.78 is 6.99. The van der Waals surface area contributed by atoms with E-state index in [1.807, 2.05) is 14.0 Å². The second-order valence-electron chi connectivity index (χ2n) is 4.78. The van der Waals surface area contributed by atoms with E-state index in [0.717, 1.165) is 18.5 Å². The maximum Gasteiger partial charge on any atom is 0.272 e. The number of rotatable bonds is 3. The molecule has 0 aromatic carbocycles. The fourth-order valence-electron chi connectivity index (χ4n) is 2.03. The van der Waals surface area contributed by atoms with Gasteiger partial charge in [-0.2, -0.15) is 5.10 Å². The van der Waals surface area contributed by atoms with Crippen molar-refractivity contribution in [2.45, 2.75) is 25.3 Å². The summed E-state index contributed by atoms with van der Waals surface area (Å²) in [6.45, 7) is 3.18. The van der Waals surface area contributed by atoms with Crippen LogP contribution in [0.3, 0.4) is 0 Å². The van der Waals surface area contributed by atoms with Gasteiger partial charge in [-0.05, 0) is 25.8 Å². The van der Waals surface area contributed by atoms with E-state index in [9.17, 15) is 4.79 Å². The van der Waals surface area contributed by atoms with Crippen molar-refractivity contribution in [3.63, 3.8) is 0 Å². The van der Waals surface area contributed by atoms with Crippen LogP contribution >= 0.6 is 11.6 Å². The summed E-state index contributed by atoms with van der Waals surface area (Å²) in [6.07, 6.45) is 1.49. The number of alkyl halides is 1. The summed E-state index contributed by atoms with van der Waals surface area (Å²) in [4.78, 5) is 12.2. The third kappa shape index (κ3) is 2.67. The van der Waals surface area contributed by atoms with Crippen molar-refractivity contribution in [2.75, 3.05) is 19.1 Å². The molecule has 0 spiro atoms. The number of aromatic nitrogens is 2. The van der Waals surface area contributed by atoms with Gasteiger partial charge in [-0.1, -0.05) is 0 Å². The van der Waals surface area contributed by atoms with E-state index < -0.39 is 0 Å². The van der Waals surface area contributed by atoms with E-state index in [4.69, 9.17) is 16.3 Å². The molecule has 0 unspecified atom stereocenters. The molecule has 1 amide bonds. The topological polar surface area (TPSA) is 56.1 Å². The number of hydrogen-bond acceptors (Lipinski definition) is 3. The van der Waals surface area contributed by atoms with E-state index in [0.29, 0.717) is 24.8 Å². The first-order chi connectivity index (χ1) is 8.56.